The lowest BCUT2D eigenvalue weighted by molar-refractivity contribution is 0.0219. The normalized spacial score (nSPS) is 19.0. The number of carbonyl (C=O) groups excluding carboxylic acids is 1. The molecular formula is C18H25N3O2S. The van der Waals surface area contributed by atoms with E-state index < -0.39 is 5.60 Å². The van der Waals surface area contributed by atoms with Gasteiger partial charge in [-0.3, -0.25) is 3.97 Å². The molecule has 0 spiro atoms. The van der Waals surface area contributed by atoms with Crippen molar-refractivity contribution in [2.45, 2.75) is 39.3 Å². The third-order valence-corrected chi connectivity index (χ3v) is 4.61. The molecule has 1 amide bonds. The van der Waals surface area contributed by atoms with Crippen LogP contribution < -0.4 is 4.90 Å². The molecule has 0 unspecified atom stereocenters. The number of fused-ring (bicyclic) bond motifs is 1. The highest BCUT2D eigenvalue weighted by molar-refractivity contribution is 7.78. The molecule has 3 rings (SSSR count). The molecule has 1 aliphatic rings. The van der Waals surface area contributed by atoms with E-state index in [1.54, 1.807) is 4.90 Å². The number of nitrogens with zero attached hydrogens (tertiary/aromatic N) is 3. The minimum Gasteiger partial charge on any atom is -0.444 e. The van der Waals surface area contributed by atoms with Crippen molar-refractivity contribution >= 4 is 35.5 Å². The Kier molecular flexibility index (Phi) is 4.42. The number of thiol groups is 1. The van der Waals surface area contributed by atoms with Crippen LogP contribution in [0.2, 0.25) is 0 Å². The molecule has 0 saturated carbocycles. The van der Waals surface area contributed by atoms with Gasteiger partial charge in [0.15, 0.2) is 0 Å². The second-order valence-corrected chi connectivity index (χ2v) is 7.80. The van der Waals surface area contributed by atoms with Gasteiger partial charge in [-0.15, -0.1) is 0 Å². The number of hydrogen-bond acceptors (Lipinski definition) is 4. The maximum atomic E-state index is 12.3. The van der Waals surface area contributed by atoms with Crippen molar-refractivity contribution in [3.05, 3.63) is 30.5 Å². The van der Waals surface area contributed by atoms with Crippen molar-refractivity contribution in [2.75, 3.05) is 24.5 Å². The summed E-state index contributed by atoms with van der Waals surface area (Å²) in [4.78, 5) is 16.4. The Morgan fingerprint density at radius 3 is 2.67 bits per heavy atom. The lowest BCUT2D eigenvalue weighted by Crippen LogP contribution is -2.54. The zero-order chi connectivity index (χ0) is 17.5. The third kappa shape index (κ3) is 3.48. The number of ether oxygens (including phenoxy) is 1. The van der Waals surface area contributed by atoms with Crippen molar-refractivity contribution in [1.82, 2.24) is 8.87 Å². The monoisotopic (exact) mass is 347 g/mol. The summed E-state index contributed by atoms with van der Waals surface area (Å²) in [6, 6.07) is 8.69. The molecule has 130 valence electrons. The quantitative estimate of drug-likeness (QED) is 0.798. The first-order valence-corrected chi connectivity index (χ1v) is 8.69. The fourth-order valence-electron chi connectivity index (χ4n) is 3.13. The number of benzene rings is 1. The molecule has 1 fully saturated rings. The van der Waals surface area contributed by atoms with E-state index >= 15 is 0 Å². The van der Waals surface area contributed by atoms with E-state index in [1.807, 2.05) is 30.9 Å². The van der Waals surface area contributed by atoms with Gasteiger partial charge >= 0.3 is 6.09 Å². The van der Waals surface area contributed by atoms with Crippen LogP contribution in [0.1, 0.15) is 27.7 Å². The second-order valence-electron chi connectivity index (χ2n) is 7.37. The molecule has 6 heteroatoms. The Morgan fingerprint density at radius 1 is 1.25 bits per heavy atom. The van der Waals surface area contributed by atoms with Crippen LogP contribution in [0.25, 0.3) is 10.9 Å². The highest BCUT2D eigenvalue weighted by Gasteiger charge is 2.30. The molecule has 1 aromatic carbocycles. The van der Waals surface area contributed by atoms with Crippen LogP contribution in [0.4, 0.5) is 10.5 Å². The number of amides is 1. The van der Waals surface area contributed by atoms with Gasteiger partial charge in [0.25, 0.3) is 0 Å². The van der Waals surface area contributed by atoms with Crippen molar-refractivity contribution in [3.63, 3.8) is 0 Å². The summed E-state index contributed by atoms with van der Waals surface area (Å²) >= 11 is 4.39. The maximum absolute atomic E-state index is 12.3. The Bertz CT molecular complexity index is 750. The van der Waals surface area contributed by atoms with Crippen molar-refractivity contribution in [2.24, 2.45) is 0 Å². The molecule has 5 nitrogen and oxygen atoms in total. The zero-order valence-corrected chi connectivity index (χ0v) is 15.6. The molecule has 1 aliphatic heterocycles. The van der Waals surface area contributed by atoms with Gasteiger partial charge in [0.2, 0.25) is 0 Å². The number of piperazine rings is 1. The molecule has 1 saturated heterocycles. The van der Waals surface area contributed by atoms with Crippen LogP contribution in [-0.4, -0.2) is 46.2 Å². The van der Waals surface area contributed by atoms with Gasteiger partial charge in [-0.25, -0.2) is 4.79 Å². The highest BCUT2D eigenvalue weighted by Crippen LogP contribution is 2.27. The van der Waals surface area contributed by atoms with Crippen LogP contribution in [0.3, 0.4) is 0 Å². The van der Waals surface area contributed by atoms with Crippen molar-refractivity contribution in [3.8, 4) is 0 Å². The Labute approximate surface area is 148 Å². The van der Waals surface area contributed by atoms with Gasteiger partial charge in [-0.05, 0) is 52.0 Å². The third-order valence-electron chi connectivity index (χ3n) is 4.26. The summed E-state index contributed by atoms with van der Waals surface area (Å²) in [5.74, 6) is 0. The predicted molar refractivity (Wildman–Crippen MR) is 101 cm³/mol. The van der Waals surface area contributed by atoms with Crippen LogP contribution in [-0.2, 0) is 4.74 Å². The predicted octanol–water partition coefficient (Wildman–Crippen LogP) is 3.78. The topological polar surface area (TPSA) is 37.7 Å². The molecule has 0 aliphatic carbocycles. The van der Waals surface area contributed by atoms with E-state index in [-0.39, 0.29) is 12.1 Å². The Morgan fingerprint density at radius 2 is 2.00 bits per heavy atom. The van der Waals surface area contributed by atoms with Crippen LogP contribution in [0, 0.1) is 0 Å². The first-order chi connectivity index (χ1) is 11.2. The summed E-state index contributed by atoms with van der Waals surface area (Å²) in [6.45, 7) is 9.97. The number of hydrogen-bond donors (Lipinski definition) is 1. The Balaban J connectivity index is 1.72. The molecule has 0 bridgehead atoms. The van der Waals surface area contributed by atoms with Gasteiger partial charge in [-0.2, -0.15) is 0 Å². The molecule has 0 radical (unpaired) electrons. The van der Waals surface area contributed by atoms with E-state index in [0.717, 1.165) is 12.1 Å². The molecule has 24 heavy (non-hydrogen) atoms. The molecule has 0 N–H and O–H groups in total. The van der Waals surface area contributed by atoms with E-state index in [2.05, 4.69) is 48.9 Å². The number of carbonyl (C=O) groups is 1. The van der Waals surface area contributed by atoms with Gasteiger partial charge in [0, 0.05) is 42.9 Å². The summed E-state index contributed by atoms with van der Waals surface area (Å²) in [6.07, 6.45) is 1.72. The van der Waals surface area contributed by atoms with Crippen LogP contribution in [0.5, 0.6) is 0 Å². The summed E-state index contributed by atoms with van der Waals surface area (Å²) in [5.41, 5.74) is 1.82. The standard InChI is InChI=1S/C18H25N3O2S/c1-13-12-19(17(22)23-18(2,3)4)9-10-20(13)15-5-6-16-14(11-15)7-8-21(16)24/h5-8,11,13,24H,9-10,12H2,1-4H3/t13-/m0/s1. The minimum atomic E-state index is -0.456. The largest absolute Gasteiger partial charge is 0.444 e. The molecule has 1 aromatic heterocycles. The van der Waals surface area contributed by atoms with Gasteiger partial charge < -0.3 is 14.5 Å². The number of aromatic nitrogens is 1. The summed E-state index contributed by atoms with van der Waals surface area (Å²) in [7, 11) is 0. The summed E-state index contributed by atoms with van der Waals surface area (Å²) in [5, 5.41) is 1.17. The SMILES string of the molecule is C[C@H]1CN(C(=O)OC(C)(C)C)CCN1c1ccc2c(ccn2S)c1. The van der Waals surface area contributed by atoms with Crippen LogP contribution in [0.15, 0.2) is 30.5 Å². The van der Waals surface area contributed by atoms with Crippen molar-refractivity contribution in [1.29, 1.82) is 0 Å². The van der Waals surface area contributed by atoms with E-state index in [4.69, 9.17) is 4.74 Å². The number of rotatable bonds is 1. The van der Waals surface area contributed by atoms with Crippen LogP contribution >= 0.6 is 12.8 Å². The Hall–Kier alpha value is -1.82. The molecule has 2 heterocycles. The minimum absolute atomic E-state index is 0.225. The molecule has 2 aromatic rings. The average molecular weight is 347 g/mol. The fourth-order valence-corrected chi connectivity index (χ4v) is 3.38. The molecular weight excluding hydrogens is 322 g/mol. The van der Waals surface area contributed by atoms with E-state index in [0.29, 0.717) is 13.1 Å². The second kappa shape index (κ2) is 6.24. The van der Waals surface area contributed by atoms with Gasteiger partial charge in [0.05, 0.1) is 5.52 Å². The van der Waals surface area contributed by atoms with Gasteiger partial charge in [-0.1, -0.05) is 12.8 Å². The fraction of sp³-hybridized carbons (Fsp3) is 0.500. The average Bonchev–Trinajstić information content (AvgIpc) is 2.86. The lowest BCUT2D eigenvalue weighted by atomic mass is 10.1. The smallest absolute Gasteiger partial charge is 0.410 e. The van der Waals surface area contributed by atoms with E-state index in [9.17, 15) is 4.79 Å². The van der Waals surface area contributed by atoms with Gasteiger partial charge in [0.1, 0.15) is 5.60 Å². The first-order valence-electron chi connectivity index (χ1n) is 8.29. The first kappa shape index (κ1) is 17.0. The van der Waals surface area contributed by atoms with Crippen molar-refractivity contribution < 1.29 is 9.53 Å². The van der Waals surface area contributed by atoms with E-state index in [1.165, 1.54) is 11.1 Å². The summed E-state index contributed by atoms with van der Waals surface area (Å²) < 4.78 is 7.31. The highest BCUT2D eigenvalue weighted by atomic mass is 32.1. The zero-order valence-electron chi connectivity index (χ0n) is 14.7. The maximum Gasteiger partial charge on any atom is 0.410 e. The molecule has 1 atom stereocenters. The lowest BCUT2D eigenvalue weighted by Gasteiger charge is -2.41. The number of anilines is 1.